The van der Waals surface area contributed by atoms with Gasteiger partial charge in [0.2, 0.25) is 6.41 Å². The van der Waals surface area contributed by atoms with E-state index in [0.29, 0.717) is 13.2 Å². The van der Waals surface area contributed by atoms with Crippen LogP contribution >= 0.6 is 0 Å². The zero-order chi connectivity index (χ0) is 11.4. The molecule has 2 rings (SSSR count). The fraction of sp³-hybridized carbons (Fsp3) is 0.455. The van der Waals surface area contributed by atoms with Crippen LogP contribution in [-0.4, -0.2) is 27.7 Å². The summed E-state index contributed by atoms with van der Waals surface area (Å²) in [6, 6.07) is 1.94. The van der Waals surface area contributed by atoms with Gasteiger partial charge in [0.25, 0.3) is 0 Å². The van der Waals surface area contributed by atoms with Crippen LogP contribution in [0, 0.1) is 0 Å². The fourth-order valence-corrected chi connectivity index (χ4v) is 1.56. The molecule has 0 spiro atoms. The average molecular weight is 221 g/mol. The van der Waals surface area contributed by atoms with Crippen LogP contribution in [0.25, 0.3) is 11.0 Å². The molecule has 0 unspecified atom stereocenters. The molecule has 0 N–H and O–H groups in total. The lowest BCUT2D eigenvalue weighted by molar-refractivity contribution is -0.183. The molecule has 0 aliphatic carbocycles. The number of aromatic nitrogens is 3. The molecular formula is C11H15N3O2. The van der Waals surface area contributed by atoms with Gasteiger partial charge in [0.1, 0.15) is 12.0 Å². The van der Waals surface area contributed by atoms with E-state index in [-0.39, 0.29) is 0 Å². The van der Waals surface area contributed by atoms with Crippen LogP contribution in [-0.2, 0) is 9.47 Å². The van der Waals surface area contributed by atoms with Crippen molar-refractivity contribution in [2.24, 2.45) is 0 Å². The van der Waals surface area contributed by atoms with Crippen LogP contribution in [0.1, 0.15) is 20.3 Å². The minimum atomic E-state index is -0.414. The quantitative estimate of drug-likeness (QED) is 0.724. The van der Waals surface area contributed by atoms with Crippen LogP contribution in [0.5, 0.6) is 0 Å². The third kappa shape index (κ3) is 2.05. The molecule has 0 atom stereocenters. The fourth-order valence-electron chi connectivity index (χ4n) is 1.56. The first kappa shape index (κ1) is 11.0. The highest BCUT2D eigenvalue weighted by molar-refractivity contribution is 5.74. The van der Waals surface area contributed by atoms with Gasteiger partial charge in [0.15, 0.2) is 0 Å². The summed E-state index contributed by atoms with van der Waals surface area (Å²) in [5, 5.41) is 0.979. The SMILES string of the molecule is CCOC(OCC)n1ccc2cncnc21. The molecule has 86 valence electrons. The van der Waals surface area contributed by atoms with E-state index >= 15 is 0 Å². The second-order valence-electron chi connectivity index (χ2n) is 3.24. The van der Waals surface area contributed by atoms with Crippen molar-refractivity contribution in [1.82, 2.24) is 14.5 Å². The molecule has 0 bridgehead atoms. The first-order chi connectivity index (χ1) is 7.86. The molecule has 2 heterocycles. The average Bonchev–Trinajstić information content (AvgIpc) is 2.72. The van der Waals surface area contributed by atoms with Crippen molar-refractivity contribution in [1.29, 1.82) is 0 Å². The number of fused-ring (bicyclic) bond motifs is 1. The summed E-state index contributed by atoms with van der Waals surface area (Å²) in [4.78, 5) is 8.19. The molecule has 0 saturated heterocycles. The summed E-state index contributed by atoms with van der Waals surface area (Å²) < 4.78 is 12.9. The highest BCUT2D eigenvalue weighted by Crippen LogP contribution is 2.19. The first-order valence-electron chi connectivity index (χ1n) is 5.36. The molecular weight excluding hydrogens is 206 g/mol. The minimum absolute atomic E-state index is 0.414. The lowest BCUT2D eigenvalue weighted by Gasteiger charge is -2.18. The van der Waals surface area contributed by atoms with Gasteiger partial charge in [0, 0.05) is 31.0 Å². The number of hydrogen-bond donors (Lipinski definition) is 0. The number of hydrogen-bond acceptors (Lipinski definition) is 4. The standard InChI is InChI=1S/C11H15N3O2/c1-3-15-11(16-4-2)14-6-5-9-7-12-8-13-10(9)14/h5-8,11H,3-4H2,1-2H3. The Bertz CT molecular complexity index is 449. The van der Waals surface area contributed by atoms with E-state index in [1.807, 2.05) is 30.7 Å². The van der Waals surface area contributed by atoms with Gasteiger partial charge in [-0.3, -0.25) is 4.57 Å². The Morgan fingerprint density at radius 2 is 2.06 bits per heavy atom. The Labute approximate surface area is 94.0 Å². The number of rotatable bonds is 5. The van der Waals surface area contributed by atoms with E-state index in [4.69, 9.17) is 9.47 Å². The Morgan fingerprint density at radius 1 is 1.31 bits per heavy atom. The van der Waals surface area contributed by atoms with Gasteiger partial charge in [-0.05, 0) is 19.9 Å². The molecule has 5 nitrogen and oxygen atoms in total. The molecule has 0 aromatic carbocycles. The van der Waals surface area contributed by atoms with Crippen LogP contribution < -0.4 is 0 Å². The molecule has 0 saturated carbocycles. The van der Waals surface area contributed by atoms with Gasteiger partial charge in [-0.15, -0.1) is 0 Å². The largest absolute Gasteiger partial charge is 0.335 e. The second-order valence-corrected chi connectivity index (χ2v) is 3.24. The summed E-state index contributed by atoms with van der Waals surface area (Å²) in [6.45, 7) is 5.06. The molecule has 0 amide bonds. The minimum Gasteiger partial charge on any atom is -0.335 e. The summed E-state index contributed by atoms with van der Waals surface area (Å²) in [5.74, 6) is 0. The first-order valence-corrected chi connectivity index (χ1v) is 5.36. The predicted molar refractivity (Wildman–Crippen MR) is 59.8 cm³/mol. The van der Waals surface area contributed by atoms with Crippen LogP contribution in [0.3, 0.4) is 0 Å². The summed E-state index contributed by atoms with van der Waals surface area (Å²) in [7, 11) is 0. The van der Waals surface area contributed by atoms with E-state index in [2.05, 4.69) is 9.97 Å². The predicted octanol–water partition coefficient (Wildman–Crippen LogP) is 1.96. The highest BCUT2D eigenvalue weighted by atomic mass is 16.7. The molecule has 2 aromatic rings. The number of ether oxygens (including phenoxy) is 2. The van der Waals surface area contributed by atoms with Gasteiger partial charge in [0.05, 0.1) is 0 Å². The van der Waals surface area contributed by atoms with E-state index < -0.39 is 6.41 Å². The van der Waals surface area contributed by atoms with Crippen molar-refractivity contribution < 1.29 is 9.47 Å². The zero-order valence-corrected chi connectivity index (χ0v) is 9.46. The summed E-state index contributed by atoms with van der Waals surface area (Å²) >= 11 is 0. The smallest absolute Gasteiger partial charge is 0.245 e. The number of nitrogens with zero attached hydrogens (tertiary/aromatic N) is 3. The van der Waals surface area contributed by atoms with E-state index in [1.54, 1.807) is 6.20 Å². The molecule has 0 radical (unpaired) electrons. The highest BCUT2D eigenvalue weighted by Gasteiger charge is 2.13. The van der Waals surface area contributed by atoms with Gasteiger partial charge in [-0.2, -0.15) is 0 Å². The Kier molecular flexibility index (Phi) is 3.48. The van der Waals surface area contributed by atoms with Crippen LogP contribution in [0.4, 0.5) is 0 Å². The lowest BCUT2D eigenvalue weighted by Crippen LogP contribution is -2.16. The second kappa shape index (κ2) is 5.05. The maximum absolute atomic E-state index is 5.52. The van der Waals surface area contributed by atoms with Crippen LogP contribution in [0.15, 0.2) is 24.8 Å². The van der Waals surface area contributed by atoms with Crippen LogP contribution in [0.2, 0.25) is 0 Å². The Morgan fingerprint density at radius 3 is 2.75 bits per heavy atom. The van der Waals surface area contributed by atoms with Crippen molar-refractivity contribution in [3.8, 4) is 0 Å². The van der Waals surface area contributed by atoms with Crippen molar-refractivity contribution in [3.05, 3.63) is 24.8 Å². The summed E-state index contributed by atoms with van der Waals surface area (Å²) in [5.41, 5.74) is 0.821. The molecule has 0 aliphatic rings. The van der Waals surface area contributed by atoms with Crippen molar-refractivity contribution >= 4 is 11.0 Å². The van der Waals surface area contributed by atoms with Crippen molar-refractivity contribution in [3.63, 3.8) is 0 Å². The molecule has 0 aliphatic heterocycles. The van der Waals surface area contributed by atoms with Crippen molar-refractivity contribution in [2.45, 2.75) is 20.3 Å². The molecule has 0 fully saturated rings. The maximum Gasteiger partial charge on any atom is 0.245 e. The van der Waals surface area contributed by atoms with Gasteiger partial charge >= 0.3 is 0 Å². The van der Waals surface area contributed by atoms with E-state index in [0.717, 1.165) is 11.0 Å². The monoisotopic (exact) mass is 221 g/mol. The van der Waals surface area contributed by atoms with E-state index in [1.165, 1.54) is 6.33 Å². The lowest BCUT2D eigenvalue weighted by atomic mass is 10.4. The topological polar surface area (TPSA) is 49.2 Å². The van der Waals surface area contributed by atoms with E-state index in [9.17, 15) is 0 Å². The van der Waals surface area contributed by atoms with Crippen molar-refractivity contribution in [2.75, 3.05) is 13.2 Å². The van der Waals surface area contributed by atoms with Gasteiger partial charge in [-0.25, -0.2) is 9.97 Å². The molecule has 5 heteroatoms. The summed E-state index contributed by atoms with van der Waals surface area (Å²) in [6.07, 6.45) is 4.78. The Balaban J connectivity index is 2.36. The zero-order valence-electron chi connectivity index (χ0n) is 9.46. The van der Waals surface area contributed by atoms with Gasteiger partial charge < -0.3 is 9.47 Å². The molecule has 2 aromatic heterocycles. The molecule has 16 heavy (non-hydrogen) atoms. The third-order valence-electron chi connectivity index (χ3n) is 2.22. The third-order valence-corrected chi connectivity index (χ3v) is 2.22. The Hall–Kier alpha value is -1.46. The normalized spacial score (nSPS) is 11.4. The van der Waals surface area contributed by atoms with Gasteiger partial charge in [-0.1, -0.05) is 0 Å². The maximum atomic E-state index is 5.52.